The molecule has 0 saturated carbocycles. The molecule has 0 N–H and O–H groups in total. The molecule has 0 radical (unpaired) electrons. The Morgan fingerprint density at radius 3 is 2.68 bits per heavy atom. The van der Waals surface area contributed by atoms with E-state index in [9.17, 15) is 4.79 Å². The molecule has 5 heteroatoms. The molecule has 4 aromatic rings. The molecule has 156 valence electrons. The summed E-state index contributed by atoms with van der Waals surface area (Å²) in [7, 11) is 0. The van der Waals surface area contributed by atoms with Crippen LogP contribution in [0.25, 0.3) is 11.0 Å². The van der Waals surface area contributed by atoms with Crippen LogP contribution < -0.4 is 4.90 Å². The zero-order chi connectivity index (χ0) is 21.4. The van der Waals surface area contributed by atoms with Crippen LogP contribution in [0.5, 0.6) is 0 Å². The van der Waals surface area contributed by atoms with Gasteiger partial charge in [0.2, 0.25) is 5.91 Å². The summed E-state index contributed by atoms with van der Waals surface area (Å²) in [6.07, 6.45) is 1.37. The first-order chi connectivity index (χ1) is 15.1. The number of benzene rings is 3. The standard InChI is InChI=1S/C26H24ClN3O/c1-2-19-9-3-5-12-23(19)29-17-20(15-25(29)31)26-28-22-11-4-6-13-24(22)30(26)16-18-8-7-10-21(27)14-18/h3-14,20H,2,15-17H2,1H3/t20-/m0/s1. The van der Waals surface area contributed by atoms with E-state index in [4.69, 9.17) is 16.6 Å². The van der Waals surface area contributed by atoms with E-state index in [1.807, 2.05) is 59.5 Å². The number of nitrogens with zero attached hydrogens (tertiary/aromatic N) is 3. The average Bonchev–Trinajstić information content (AvgIpc) is 3.34. The summed E-state index contributed by atoms with van der Waals surface area (Å²) < 4.78 is 2.24. The highest BCUT2D eigenvalue weighted by molar-refractivity contribution is 6.30. The normalized spacial score (nSPS) is 16.4. The summed E-state index contributed by atoms with van der Waals surface area (Å²) in [5.41, 5.74) is 5.38. The van der Waals surface area contributed by atoms with Gasteiger partial charge in [-0.25, -0.2) is 4.98 Å². The summed E-state index contributed by atoms with van der Waals surface area (Å²) in [6.45, 7) is 3.45. The van der Waals surface area contributed by atoms with Crippen LogP contribution in [-0.4, -0.2) is 22.0 Å². The molecule has 1 amide bonds. The van der Waals surface area contributed by atoms with Crippen molar-refractivity contribution in [3.63, 3.8) is 0 Å². The molecule has 2 heterocycles. The van der Waals surface area contributed by atoms with Gasteiger partial charge in [-0.05, 0) is 47.9 Å². The van der Waals surface area contributed by atoms with Crippen molar-refractivity contribution in [3.8, 4) is 0 Å². The van der Waals surface area contributed by atoms with Crippen LogP contribution in [0.2, 0.25) is 5.02 Å². The number of amides is 1. The third kappa shape index (κ3) is 3.72. The number of hydrogen-bond donors (Lipinski definition) is 0. The molecular weight excluding hydrogens is 406 g/mol. The van der Waals surface area contributed by atoms with E-state index in [0.717, 1.165) is 39.6 Å². The lowest BCUT2D eigenvalue weighted by Gasteiger charge is -2.20. The van der Waals surface area contributed by atoms with Crippen LogP contribution in [0, 0.1) is 0 Å². The third-order valence-corrected chi connectivity index (χ3v) is 6.30. The molecule has 5 rings (SSSR count). The molecule has 0 bridgehead atoms. The first-order valence-electron chi connectivity index (χ1n) is 10.7. The minimum Gasteiger partial charge on any atom is -0.323 e. The van der Waals surface area contributed by atoms with Crippen LogP contribution in [0.4, 0.5) is 5.69 Å². The maximum atomic E-state index is 13.0. The van der Waals surface area contributed by atoms with Gasteiger partial charge in [0.05, 0.1) is 11.0 Å². The highest BCUT2D eigenvalue weighted by atomic mass is 35.5. The number of carbonyl (C=O) groups excluding carboxylic acids is 1. The van der Waals surface area contributed by atoms with Crippen molar-refractivity contribution < 1.29 is 4.79 Å². The molecule has 4 nitrogen and oxygen atoms in total. The van der Waals surface area contributed by atoms with Crippen molar-refractivity contribution in [2.45, 2.75) is 32.2 Å². The molecule has 1 atom stereocenters. The van der Waals surface area contributed by atoms with Gasteiger partial charge < -0.3 is 9.47 Å². The van der Waals surface area contributed by atoms with E-state index >= 15 is 0 Å². The molecular formula is C26H24ClN3O. The lowest BCUT2D eigenvalue weighted by atomic mass is 10.1. The zero-order valence-electron chi connectivity index (χ0n) is 17.5. The number of halogens is 1. The van der Waals surface area contributed by atoms with Crippen molar-refractivity contribution in [2.24, 2.45) is 0 Å². The Morgan fingerprint density at radius 1 is 1.03 bits per heavy atom. The zero-order valence-corrected chi connectivity index (χ0v) is 18.2. The maximum Gasteiger partial charge on any atom is 0.227 e. The Morgan fingerprint density at radius 2 is 1.84 bits per heavy atom. The monoisotopic (exact) mass is 429 g/mol. The number of imidazole rings is 1. The van der Waals surface area contributed by atoms with Crippen LogP contribution >= 0.6 is 11.6 Å². The summed E-state index contributed by atoms with van der Waals surface area (Å²) in [6, 6.07) is 24.3. The molecule has 1 aromatic heterocycles. The van der Waals surface area contributed by atoms with Gasteiger partial charge in [0.15, 0.2) is 0 Å². The number of anilines is 1. The predicted octanol–water partition coefficient (Wildman–Crippen LogP) is 5.82. The van der Waals surface area contributed by atoms with E-state index in [-0.39, 0.29) is 11.8 Å². The van der Waals surface area contributed by atoms with Crippen LogP contribution in [0.1, 0.15) is 36.2 Å². The minimum absolute atomic E-state index is 0.0454. The number of aromatic nitrogens is 2. The number of para-hydroxylation sites is 3. The van der Waals surface area contributed by atoms with Gasteiger partial charge in [0, 0.05) is 36.1 Å². The molecule has 1 aliphatic rings. The average molecular weight is 430 g/mol. The molecule has 1 aliphatic heterocycles. The Balaban J connectivity index is 1.54. The summed E-state index contributed by atoms with van der Waals surface area (Å²) in [5.74, 6) is 1.17. The second kappa shape index (κ2) is 8.20. The molecule has 1 fully saturated rings. The fraction of sp³-hybridized carbons (Fsp3) is 0.231. The van der Waals surface area contributed by atoms with Gasteiger partial charge >= 0.3 is 0 Å². The topological polar surface area (TPSA) is 38.1 Å². The number of rotatable bonds is 5. The van der Waals surface area contributed by atoms with Crippen molar-refractivity contribution in [1.82, 2.24) is 9.55 Å². The Labute approximate surface area is 187 Å². The smallest absolute Gasteiger partial charge is 0.227 e. The summed E-state index contributed by atoms with van der Waals surface area (Å²) in [4.78, 5) is 19.9. The van der Waals surface area contributed by atoms with Gasteiger partial charge in [-0.2, -0.15) is 0 Å². The van der Waals surface area contributed by atoms with Gasteiger partial charge in [-0.3, -0.25) is 4.79 Å². The van der Waals surface area contributed by atoms with E-state index in [1.165, 1.54) is 5.56 Å². The van der Waals surface area contributed by atoms with Crippen LogP contribution in [0.3, 0.4) is 0 Å². The predicted molar refractivity (Wildman–Crippen MR) is 126 cm³/mol. The van der Waals surface area contributed by atoms with E-state index in [0.29, 0.717) is 19.5 Å². The highest BCUT2D eigenvalue weighted by Crippen LogP contribution is 2.35. The van der Waals surface area contributed by atoms with E-state index in [2.05, 4.69) is 29.7 Å². The van der Waals surface area contributed by atoms with Crippen LogP contribution in [-0.2, 0) is 17.8 Å². The van der Waals surface area contributed by atoms with Crippen molar-refractivity contribution in [2.75, 3.05) is 11.4 Å². The first kappa shape index (κ1) is 19.8. The maximum absolute atomic E-state index is 13.0. The fourth-order valence-electron chi connectivity index (χ4n) is 4.58. The van der Waals surface area contributed by atoms with E-state index in [1.54, 1.807) is 0 Å². The second-order valence-electron chi connectivity index (χ2n) is 8.06. The highest BCUT2D eigenvalue weighted by Gasteiger charge is 2.35. The van der Waals surface area contributed by atoms with Crippen molar-refractivity contribution in [1.29, 1.82) is 0 Å². The number of hydrogen-bond acceptors (Lipinski definition) is 2. The molecule has 0 spiro atoms. The van der Waals surface area contributed by atoms with Crippen molar-refractivity contribution in [3.05, 3.63) is 94.8 Å². The lowest BCUT2D eigenvalue weighted by molar-refractivity contribution is -0.117. The molecule has 0 unspecified atom stereocenters. The Bertz CT molecular complexity index is 1260. The lowest BCUT2D eigenvalue weighted by Crippen LogP contribution is -2.25. The summed E-state index contributed by atoms with van der Waals surface area (Å²) >= 11 is 6.23. The van der Waals surface area contributed by atoms with E-state index < -0.39 is 0 Å². The summed E-state index contributed by atoms with van der Waals surface area (Å²) in [5, 5.41) is 0.724. The van der Waals surface area contributed by atoms with Crippen LogP contribution in [0.15, 0.2) is 72.8 Å². The minimum atomic E-state index is 0.0454. The quantitative estimate of drug-likeness (QED) is 0.401. The largest absolute Gasteiger partial charge is 0.323 e. The molecule has 31 heavy (non-hydrogen) atoms. The Hall–Kier alpha value is -3.11. The fourth-order valence-corrected chi connectivity index (χ4v) is 4.79. The van der Waals surface area contributed by atoms with Gasteiger partial charge in [-0.15, -0.1) is 0 Å². The Kier molecular flexibility index (Phi) is 5.24. The second-order valence-corrected chi connectivity index (χ2v) is 8.50. The van der Waals surface area contributed by atoms with Gasteiger partial charge in [-0.1, -0.05) is 61.0 Å². The number of aryl methyl sites for hydroxylation is 1. The molecule has 1 saturated heterocycles. The third-order valence-electron chi connectivity index (χ3n) is 6.07. The number of fused-ring (bicyclic) bond motifs is 1. The SMILES string of the molecule is CCc1ccccc1N1C[C@@H](c2nc3ccccc3n2Cc2cccc(Cl)c2)CC1=O. The van der Waals surface area contributed by atoms with Gasteiger partial charge in [0.1, 0.15) is 5.82 Å². The number of carbonyl (C=O) groups is 1. The molecule has 3 aromatic carbocycles. The van der Waals surface area contributed by atoms with Gasteiger partial charge in [0.25, 0.3) is 0 Å². The molecule has 0 aliphatic carbocycles. The first-order valence-corrected chi connectivity index (χ1v) is 11.1. The van der Waals surface area contributed by atoms with Crippen molar-refractivity contribution >= 4 is 34.2 Å².